The number of H-pyrrole nitrogens is 1. The summed E-state index contributed by atoms with van der Waals surface area (Å²) in [4.78, 5) is 26.1. The Morgan fingerprint density at radius 2 is 1.96 bits per heavy atom. The topological polar surface area (TPSA) is 87.9 Å². The normalized spacial score (nSPS) is 15.2. The van der Waals surface area contributed by atoms with E-state index < -0.39 is 0 Å². The average Bonchev–Trinajstić information content (AvgIpc) is 3.26. The first kappa shape index (κ1) is 16.7. The van der Waals surface area contributed by atoms with E-state index in [-0.39, 0.29) is 0 Å². The van der Waals surface area contributed by atoms with Crippen molar-refractivity contribution >= 4 is 23.1 Å². The van der Waals surface area contributed by atoms with Crippen LogP contribution in [0.3, 0.4) is 0 Å². The number of anilines is 1. The van der Waals surface area contributed by atoms with E-state index in [1.807, 2.05) is 12.1 Å². The van der Waals surface area contributed by atoms with Crippen LogP contribution in [0.4, 0.5) is 5.95 Å². The zero-order chi connectivity index (χ0) is 18.1. The van der Waals surface area contributed by atoms with E-state index in [2.05, 4.69) is 27.8 Å². The maximum absolute atomic E-state index is 11.0. The van der Waals surface area contributed by atoms with Crippen molar-refractivity contribution in [2.75, 3.05) is 25.0 Å². The summed E-state index contributed by atoms with van der Waals surface area (Å²) in [5.41, 5.74) is 10.8. The van der Waals surface area contributed by atoms with Gasteiger partial charge in [-0.15, -0.1) is 0 Å². The number of aromatic nitrogens is 3. The molecule has 1 saturated heterocycles. The maximum Gasteiger partial charge on any atom is 0.226 e. The van der Waals surface area contributed by atoms with Crippen LogP contribution in [0.15, 0.2) is 24.3 Å². The predicted octanol–water partition coefficient (Wildman–Crippen LogP) is 2.71. The smallest absolute Gasteiger partial charge is 0.226 e. The van der Waals surface area contributed by atoms with E-state index >= 15 is 0 Å². The second-order valence-electron chi connectivity index (χ2n) is 6.64. The maximum atomic E-state index is 11.0. The molecule has 0 atom stereocenters. The Balaban J connectivity index is 0.000000814. The Morgan fingerprint density at radius 3 is 2.69 bits per heavy atom. The van der Waals surface area contributed by atoms with Crippen LogP contribution in [0.25, 0.3) is 22.2 Å². The van der Waals surface area contributed by atoms with Crippen molar-refractivity contribution in [2.24, 2.45) is 5.73 Å². The third kappa shape index (κ3) is 2.76. The Hall–Kier alpha value is -2.73. The molecule has 1 fully saturated rings. The molecule has 2 aromatic heterocycles. The second-order valence-corrected chi connectivity index (χ2v) is 6.64. The number of hydrogen-bond acceptors (Lipinski definition) is 5. The lowest BCUT2D eigenvalue weighted by Crippen LogP contribution is -2.38. The van der Waals surface area contributed by atoms with E-state index in [1.54, 1.807) is 0 Å². The quantitative estimate of drug-likeness (QED) is 0.710. The van der Waals surface area contributed by atoms with Crippen molar-refractivity contribution < 1.29 is 4.79 Å². The lowest BCUT2D eigenvalue weighted by Gasteiger charge is -2.31. The molecule has 6 heteroatoms. The number of benzene rings is 1. The predicted molar refractivity (Wildman–Crippen MR) is 104 cm³/mol. The van der Waals surface area contributed by atoms with Gasteiger partial charge >= 0.3 is 0 Å². The number of aryl methyl sites for hydroxylation is 1. The molecular formula is C20H23N5O. The molecule has 0 saturated carbocycles. The van der Waals surface area contributed by atoms with Gasteiger partial charge in [0.25, 0.3) is 0 Å². The molecule has 3 N–H and O–H groups in total. The van der Waals surface area contributed by atoms with E-state index in [9.17, 15) is 4.79 Å². The van der Waals surface area contributed by atoms with Crippen LogP contribution in [0.5, 0.6) is 0 Å². The number of nitrogens with zero attached hydrogens (tertiary/aromatic N) is 3. The van der Waals surface area contributed by atoms with Gasteiger partial charge in [0.15, 0.2) is 6.29 Å². The number of carbonyl (C=O) groups is 1. The lowest BCUT2D eigenvalue weighted by atomic mass is 10.0. The first-order valence-electron chi connectivity index (χ1n) is 9.12. The number of carbonyl (C=O) groups excluding carboxylic acids is 1. The van der Waals surface area contributed by atoms with Gasteiger partial charge in [0.05, 0.1) is 11.4 Å². The molecule has 0 spiro atoms. The standard InChI is InChI=1S/C19H18N4O.CH5N/c24-11-14-10-13-9-12(5-6-16(13)20-14)18-15-3-1-4-17(15)21-19(22-18)23-7-2-8-23;1-2/h5-6,9-11,20H,1-4,7-8H2;2H2,1H3. The van der Waals surface area contributed by atoms with Crippen LogP contribution in [0, 0.1) is 0 Å². The number of aromatic amines is 1. The molecule has 0 bridgehead atoms. The van der Waals surface area contributed by atoms with Gasteiger partial charge in [0.2, 0.25) is 5.95 Å². The number of nitrogens with one attached hydrogen (secondary N) is 1. The van der Waals surface area contributed by atoms with E-state index in [0.29, 0.717) is 5.69 Å². The van der Waals surface area contributed by atoms with Gasteiger partial charge < -0.3 is 15.6 Å². The lowest BCUT2D eigenvalue weighted by molar-refractivity contribution is 0.112. The fourth-order valence-electron chi connectivity index (χ4n) is 3.68. The van der Waals surface area contributed by atoms with Crippen LogP contribution in [-0.2, 0) is 12.8 Å². The number of rotatable bonds is 3. The molecular weight excluding hydrogens is 326 g/mol. The molecule has 134 valence electrons. The fourth-order valence-corrected chi connectivity index (χ4v) is 3.68. The summed E-state index contributed by atoms with van der Waals surface area (Å²) in [6.45, 7) is 2.11. The Kier molecular flexibility index (Phi) is 4.42. The monoisotopic (exact) mass is 349 g/mol. The zero-order valence-electron chi connectivity index (χ0n) is 15.0. The summed E-state index contributed by atoms with van der Waals surface area (Å²) >= 11 is 0. The number of aldehydes is 1. The third-order valence-corrected chi connectivity index (χ3v) is 5.10. The number of nitrogens with two attached hydrogens (primary N) is 1. The van der Waals surface area contributed by atoms with E-state index in [4.69, 9.17) is 9.97 Å². The summed E-state index contributed by atoms with van der Waals surface area (Å²) in [5.74, 6) is 0.875. The molecule has 1 aliphatic carbocycles. The number of fused-ring (bicyclic) bond motifs is 2. The molecule has 3 aromatic rings. The molecule has 1 aliphatic heterocycles. The molecule has 3 heterocycles. The van der Waals surface area contributed by atoms with Gasteiger partial charge in [-0.05, 0) is 50.9 Å². The van der Waals surface area contributed by atoms with Gasteiger partial charge in [-0.1, -0.05) is 6.07 Å². The Bertz CT molecular complexity index is 958. The van der Waals surface area contributed by atoms with Crippen LogP contribution in [0.1, 0.15) is 34.6 Å². The molecule has 6 nitrogen and oxygen atoms in total. The second kappa shape index (κ2) is 6.88. The summed E-state index contributed by atoms with van der Waals surface area (Å²) in [5, 5.41) is 1.05. The summed E-state index contributed by atoms with van der Waals surface area (Å²) in [6, 6.07) is 8.14. The third-order valence-electron chi connectivity index (χ3n) is 5.10. The first-order chi connectivity index (χ1) is 12.8. The molecule has 5 rings (SSSR count). The SMILES string of the molecule is CN.O=Cc1cc2cc(-c3nc(N4CCC4)nc4c3CCC4)ccc2[nH]1. The van der Waals surface area contributed by atoms with Crippen molar-refractivity contribution in [3.05, 3.63) is 41.2 Å². The van der Waals surface area contributed by atoms with Crippen LogP contribution >= 0.6 is 0 Å². The van der Waals surface area contributed by atoms with Gasteiger partial charge in [-0.25, -0.2) is 9.97 Å². The minimum Gasteiger partial charge on any atom is -0.352 e. The Labute approximate surface area is 152 Å². The van der Waals surface area contributed by atoms with Crippen molar-refractivity contribution in [3.8, 4) is 11.3 Å². The average molecular weight is 349 g/mol. The van der Waals surface area contributed by atoms with E-state index in [1.165, 1.54) is 24.7 Å². The van der Waals surface area contributed by atoms with Crippen LogP contribution < -0.4 is 10.6 Å². The Morgan fingerprint density at radius 1 is 1.12 bits per heavy atom. The highest BCUT2D eigenvalue weighted by atomic mass is 16.1. The minimum atomic E-state index is 0.608. The van der Waals surface area contributed by atoms with Crippen LogP contribution in [0.2, 0.25) is 0 Å². The van der Waals surface area contributed by atoms with Crippen molar-refractivity contribution in [1.82, 2.24) is 15.0 Å². The summed E-state index contributed by atoms with van der Waals surface area (Å²) in [7, 11) is 1.50. The summed E-state index contributed by atoms with van der Waals surface area (Å²) in [6.07, 6.45) is 5.33. The van der Waals surface area contributed by atoms with Gasteiger partial charge in [-0.3, -0.25) is 4.79 Å². The minimum absolute atomic E-state index is 0.608. The molecule has 0 unspecified atom stereocenters. The molecule has 26 heavy (non-hydrogen) atoms. The highest BCUT2D eigenvalue weighted by Crippen LogP contribution is 2.34. The molecule has 0 radical (unpaired) electrons. The molecule has 1 aromatic carbocycles. The van der Waals surface area contributed by atoms with Crippen LogP contribution in [-0.4, -0.2) is 41.4 Å². The largest absolute Gasteiger partial charge is 0.352 e. The number of hydrogen-bond donors (Lipinski definition) is 2. The highest BCUT2D eigenvalue weighted by Gasteiger charge is 2.24. The summed E-state index contributed by atoms with van der Waals surface area (Å²) < 4.78 is 0. The van der Waals surface area contributed by atoms with Crippen molar-refractivity contribution in [1.29, 1.82) is 0 Å². The van der Waals surface area contributed by atoms with Gasteiger partial charge in [0, 0.05) is 40.8 Å². The van der Waals surface area contributed by atoms with Gasteiger partial charge in [0.1, 0.15) is 0 Å². The zero-order valence-corrected chi connectivity index (χ0v) is 15.0. The van der Waals surface area contributed by atoms with Crippen molar-refractivity contribution in [3.63, 3.8) is 0 Å². The first-order valence-corrected chi connectivity index (χ1v) is 9.12. The molecule has 0 amide bonds. The van der Waals surface area contributed by atoms with E-state index in [0.717, 1.165) is 66.7 Å². The highest BCUT2D eigenvalue weighted by molar-refractivity contribution is 5.90. The van der Waals surface area contributed by atoms with Crippen molar-refractivity contribution in [2.45, 2.75) is 25.7 Å². The molecule has 2 aliphatic rings. The van der Waals surface area contributed by atoms with Gasteiger partial charge in [-0.2, -0.15) is 0 Å². The fraction of sp³-hybridized carbons (Fsp3) is 0.350.